The van der Waals surface area contributed by atoms with Crippen LogP contribution in [0.5, 0.6) is 0 Å². The lowest BCUT2D eigenvalue weighted by Crippen LogP contribution is -2.46. The van der Waals surface area contributed by atoms with Gasteiger partial charge >= 0.3 is 0 Å². The fraction of sp³-hybridized carbons (Fsp3) is 0.345. The summed E-state index contributed by atoms with van der Waals surface area (Å²) in [5.41, 5.74) is 1.88. The Labute approximate surface area is 238 Å². The molecule has 0 aliphatic carbocycles. The number of halogens is 4. The summed E-state index contributed by atoms with van der Waals surface area (Å²) in [5.74, 6) is -0.231. The van der Waals surface area contributed by atoms with E-state index in [1.54, 1.807) is 24.3 Å². The molecule has 1 heterocycles. The summed E-state index contributed by atoms with van der Waals surface area (Å²) in [6, 6.07) is 20.6. The van der Waals surface area contributed by atoms with Crippen LogP contribution in [-0.4, -0.2) is 47.7 Å². The quantitative estimate of drug-likeness (QED) is 0.280. The van der Waals surface area contributed by atoms with E-state index in [9.17, 15) is 9.90 Å². The molecule has 0 aromatic heterocycles. The minimum Gasteiger partial charge on any atom is -0.389 e. The molecule has 1 aliphatic heterocycles. The molecule has 1 aliphatic rings. The van der Waals surface area contributed by atoms with Gasteiger partial charge in [-0.2, -0.15) is 0 Å². The van der Waals surface area contributed by atoms with Crippen molar-refractivity contribution in [2.45, 2.75) is 37.2 Å². The molecule has 8 heteroatoms. The molecule has 3 aromatic carbocycles. The molecule has 0 saturated carbocycles. The van der Waals surface area contributed by atoms with Gasteiger partial charge in [0, 0.05) is 37.0 Å². The highest BCUT2D eigenvalue weighted by molar-refractivity contribution is 6.42. The van der Waals surface area contributed by atoms with Gasteiger partial charge in [0.25, 0.3) is 5.91 Å². The lowest BCUT2D eigenvalue weighted by Gasteiger charge is -2.39. The summed E-state index contributed by atoms with van der Waals surface area (Å²) in [7, 11) is 0. The number of hydrogen-bond donors (Lipinski definition) is 2. The molecule has 1 fully saturated rings. The van der Waals surface area contributed by atoms with Gasteiger partial charge in [-0.3, -0.25) is 4.79 Å². The van der Waals surface area contributed by atoms with Crippen LogP contribution in [0, 0.1) is 0 Å². The number of carbonyl (C=O) groups is 1. The van der Waals surface area contributed by atoms with Crippen LogP contribution in [0.15, 0.2) is 66.7 Å². The highest BCUT2D eigenvalue weighted by atomic mass is 35.5. The zero-order valence-corrected chi connectivity index (χ0v) is 23.4. The fourth-order valence-corrected chi connectivity index (χ4v) is 5.62. The minimum atomic E-state index is -0.674. The number of nitrogens with zero attached hydrogens (tertiary/aromatic N) is 1. The van der Waals surface area contributed by atoms with Gasteiger partial charge < -0.3 is 15.3 Å². The highest BCUT2D eigenvalue weighted by Gasteiger charge is 2.32. The van der Waals surface area contributed by atoms with Crippen molar-refractivity contribution in [3.63, 3.8) is 0 Å². The van der Waals surface area contributed by atoms with E-state index in [4.69, 9.17) is 46.4 Å². The maximum absolute atomic E-state index is 12.8. The number of amides is 1. The van der Waals surface area contributed by atoms with Crippen LogP contribution in [0.3, 0.4) is 0 Å². The Morgan fingerprint density at radius 2 is 1.65 bits per heavy atom. The summed E-state index contributed by atoms with van der Waals surface area (Å²) >= 11 is 24.7. The zero-order valence-electron chi connectivity index (χ0n) is 20.4. The van der Waals surface area contributed by atoms with Crippen molar-refractivity contribution in [2.24, 2.45) is 0 Å². The lowest BCUT2D eigenvalue weighted by molar-refractivity contribution is -0.0210. The molecule has 0 spiro atoms. The fourth-order valence-electron chi connectivity index (χ4n) is 4.82. The van der Waals surface area contributed by atoms with Gasteiger partial charge in [0.1, 0.15) is 0 Å². The van der Waals surface area contributed by atoms with E-state index in [0.717, 1.165) is 50.0 Å². The molecule has 4 nitrogen and oxygen atoms in total. The molecule has 37 heavy (non-hydrogen) atoms. The largest absolute Gasteiger partial charge is 0.389 e. The predicted octanol–water partition coefficient (Wildman–Crippen LogP) is 7.27. The van der Waals surface area contributed by atoms with Gasteiger partial charge in [-0.1, -0.05) is 82.8 Å². The number of rotatable bonds is 9. The molecule has 1 atom stereocenters. The molecule has 1 saturated heterocycles. The number of carbonyl (C=O) groups excluding carboxylic acids is 1. The SMILES string of the molecule is O=C(NCC(CCN1CCC(O)(Cc2ccccc2)CC1)c1ccc(Cl)c(Cl)c1)c1ccc(Cl)cc1Cl. The van der Waals surface area contributed by atoms with E-state index in [-0.39, 0.29) is 11.8 Å². The third-order valence-corrected chi connectivity index (χ3v) is 8.34. The monoisotopic (exact) mass is 578 g/mol. The molecule has 1 amide bonds. The van der Waals surface area contributed by atoms with Crippen molar-refractivity contribution in [2.75, 3.05) is 26.2 Å². The van der Waals surface area contributed by atoms with Gasteiger partial charge in [0.05, 0.1) is 26.2 Å². The second kappa shape index (κ2) is 12.8. The molecule has 3 aromatic rings. The summed E-state index contributed by atoms with van der Waals surface area (Å²) in [6.07, 6.45) is 2.94. The van der Waals surface area contributed by atoms with Gasteiger partial charge in [-0.15, -0.1) is 0 Å². The zero-order chi connectivity index (χ0) is 26.4. The smallest absolute Gasteiger partial charge is 0.252 e. The number of benzene rings is 3. The highest BCUT2D eigenvalue weighted by Crippen LogP contribution is 2.30. The number of likely N-dealkylation sites (tertiary alicyclic amines) is 1. The van der Waals surface area contributed by atoms with Crippen molar-refractivity contribution >= 4 is 52.3 Å². The number of nitrogens with one attached hydrogen (secondary N) is 1. The van der Waals surface area contributed by atoms with Crippen LogP contribution in [0.2, 0.25) is 20.1 Å². The summed E-state index contributed by atoms with van der Waals surface area (Å²) in [6.45, 7) is 2.90. The lowest BCUT2D eigenvalue weighted by atomic mass is 9.85. The van der Waals surface area contributed by atoms with Crippen LogP contribution < -0.4 is 5.32 Å². The first-order valence-electron chi connectivity index (χ1n) is 12.4. The van der Waals surface area contributed by atoms with Crippen LogP contribution >= 0.6 is 46.4 Å². The van der Waals surface area contributed by atoms with Gasteiger partial charge in [0.15, 0.2) is 0 Å². The number of aliphatic hydroxyl groups is 1. The Kier molecular flexibility index (Phi) is 9.79. The standard InChI is InChI=1S/C29H30Cl4N2O2/c30-23-7-8-24(26(32)17-23)28(36)34-19-22(21-6-9-25(31)27(33)16-21)10-13-35-14-11-29(37,12-15-35)18-20-4-2-1-3-5-20/h1-9,16-17,22,37H,10-15,18-19H2,(H,34,36). The Bertz CT molecular complexity index is 1210. The minimum absolute atomic E-state index is 0.0231. The molecule has 196 valence electrons. The van der Waals surface area contributed by atoms with Gasteiger partial charge in [-0.05, 0) is 67.3 Å². The Morgan fingerprint density at radius 1 is 0.919 bits per heavy atom. The van der Waals surface area contributed by atoms with Crippen molar-refractivity contribution < 1.29 is 9.90 Å². The summed E-state index contributed by atoms with van der Waals surface area (Å²) in [4.78, 5) is 15.2. The van der Waals surface area contributed by atoms with Crippen molar-refractivity contribution in [1.29, 1.82) is 0 Å². The topological polar surface area (TPSA) is 52.6 Å². The maximum Gasteiger partial charge on any atom is 0.252 e. The molecule has 1 unspecified atom stereocenters. The van der Waals surface area contributed by atoms with Crippen molar-refractivity contribution in [3.8, 4) is 0 Å². The van der Waals surface area contributed by atoms with E-state index in [1.807, 2.05) is 30.3 Å². The predicted molar refractivity (Wildman–Crippen MR) is 153 cm³/mol. The van der Waals surface area contributed by atoms with Crippen LogP contribution in [0.25, 0.3) is 0 Å². The Morgan fingerprint density at radius 3 is 2.32 bits per heavy atom. The second-order valence-corrected chi connectivity index (χ2v) is 11.4. The number of hydrogen-bond acceptors (Lipinski definition) is 3. The first-order chi connectivity index (χ1) is 17.7. The van der Waals surface area contributed by atoms with E-state index < -0.39 is 5.60 Å². The van der Waals surface area contributed by atoms with E-state index in [1.165, 1.54) is 0 Å². The molecule has 0 radical (unpaired) electrons. The second-order valence-electron chi connectivity index (χ2n) is 9.72. The first-order valence-corrected chi connectivity index (χ1v) is 13.9. The summed E-state index contributed by atoms with van der Waals surface area (Å²) < 4.78 is 0. The Hall–Kier alpha value is -1.79. The van der Waals surface area contributed by atoms with E-state index in [0.29, 0.717) is 38.6 Å². The number of piperidine rings is 1. The average molecular weight is 580 g/mol. The molecule has 2 N–H and O–H groups in total. The van der Waals surface area contributed by atoms with Crippen molar-refractivity contribution in [3.05, 3.63) is 104 Å². The average Bonchev–Trinajstić information content (AvgIpc) is 2.87. The van der Waals surface area contributed by atoms with Crippen molar-refractivity contribution in [1.82, 2.24) is 10.2 Å². The normalized spacial score (nSPS) is 16.4. The van der Waals surface area contributed by atoms with E-state index in [2.05, 4.69) is 22.3 Å². The van der Waals surface area contributed by atoms with Gasteiger partial charge in [0.2, 0.25) is 0 Å². The van der Waals surface area contributed by atoms with Crippen LogP contribution in [-0.2, 0) is 6.42 Å². The van der Waals surface area contributed by atoms with E-state index >= 15 is 0 Å². The van der Waals surface area contributed by atoms with Crippen LogP contribution in [0.1, 0.15) is 46.7 Å². The summed E-state index contributed by atoms with van der Waals surface area (Å²) in [5, 5.41) is 15.9. The molecular weight excluding hydrogens is 550 g/mol. The maximum atomic E-state index is 12.8. The van der Waals surface area contributed by atoms with Crippen LogP contribution in [0.4, 0.5) is 0 Å². The van der Waals surface area contributed by atoms with Gasteiger partial charge in [-0.25, -0.2) is 0 Å². The third-order valence-electron chi connectivity index (χ3n) is 7.06. The molecule has 4 rings (SSSR count). The molecular formula is C29H30Cl4N2O2. The first kappa shape index (κ1) is 28.2. The Balaban J connectivity index is 1.37. The molecule has 0 bridgehead atoms. The third kappa shape index (κ3) is 7.86.